The average Bonchev–Trinajstić information content (AvgIpc) is 2.88. The van der Waals surface area contributed by atoms with Crippen molar-refractivity contribution in [2.45, 2.75) is 39.0 Å². The van der Waals surface area contributed by atoms with Gasteiger partial charge < -0.3 is 10.3 Å². The minimum atomic E-state index is 0.341. The summed E-state index contributed by atoms with van der Waals surface area (Å²) in [5.41, 5.74) is 9.32. The Hall–Kier alpha value is -1.29. The maximum Gasteiger partial charge on any atom is 0.226 e. The summed E-state index contributed by atoms with van der Waals surface area (Å²) in [6, 6.07) is 2.26. The monoisotopic (exact) mass is 248 g/mol. The van der Waals surface area contributed by atoms with E-state index in [0.717, 1.165) is 11.3 Å². The number of anilines is 1. The first-order valence-corrected chi connectivity index (χ1v) is 6.85. The van der Waals surface area contributed by atoms with E-state index in [4.69, 9.17) is 10.3 Å². The number of fused-ring (bicyclic) bond motifs is 1. The van der Waals surface area contributed by atoms with E-state index in [1.807, 2.05) is 11.3 Å². The molecule has 0 bridgehead atoms. The van der Waals surface area contributed by atoms with Crippen molar-refractivity contribution < 1.29 is 4.52 Å². The van der Waals surface area contributed by atoms with E-state index < -0.39 is 0 Å². The number of nitrogens with two attached hydrogens (primary N) is 1. The molecule has 0 amide bonds. The van der Waals surface area contributed by atoms with Gasteiger partial charge in [0.15, 0.2) is 0 Å². The number of thiophene rings is 1. The lowest BCUT2D eigenvalue weighted by Crippen LogP contribution is -1.93. The summed E-state index contributed by atoms with van der Waals surface area (Å²) in [4.78, 5) is 2.72. The van der Waals surface area contributed by atoms with Gasteiger partial charge in [0.25, 0.3) is 0 Å². The predicted molar refractivity (Wildman–Crippen MR) is 70.3 cm³/mol. The zero-order valence-corrected chi connectivity index (χ0v) is 10.9. The van der Waals surface area contributed by atoms with Crippen LogP contribution in [0.15, 0.2) is 10.6 Å². The number of nitrogens with zero attached hydrogens (tertiary/aromatic N) is 1. The van der Waals surface area contributed by atoms with Crippen molar-refractivity contribution in [1.82, 2.24) is 5.16 Å². The highest BCUT2D eigenvalue weighted by molar-refractivity contribution is 7.15. The molecular formula is C13H16N2OS. The second-order valence-corrected chi connectivity index (χ2v) is 6.01. The number of aromatic nitrogens is 1. The lowest BCUT2D eigenvalue weighted by Gasteiger charge is -2.03. The maximum atomic E-state index is 5.85. The van der Waals surface area contributed by atoms with Crippen molar-refractivity contribution in [3.8, 4) is 10.6 Å². The number of hydrogen-bond acceptors (Lipinski definition) is 4. The fourth-order valence-electron chi connectivity index (χ4n) is 2.49. The maximum absolute atomic E-state index is 5.85. The smallest absolute Gasteiger partial charge is 0.226 e. The second kappa shape index (κ2) is 3.88. The molecule has 90 valence electrons. The highest BCUT2D eigenvalue weighted by atomic mass is 32.1. The lowest BCUT2D eigenvalue weighted by molar-refractivity contribution is 0.438. The molecule has 4 heteroatoms. The van der Waals surface area contributed by atoms with E-state index in [-0.39, 0.29) is 0 Å². The van der Waals surface area contributed by atoms with E-state index in [0.29, 0.717) is 11.8 Å². The van der Waals surface area contributed by atoms with Crippen LogP contribution in [0.4, 0.5) is 5.88 Å². The minimum absolute atomic E-state index is 0.341. The molecule has 1 aliphatic rings. The molecule has 0 saturated heterocycles. The summed E-state index contributed by atoms with van der Waals surface area (Å²) in [6.07, 6.45) is 3.71. The van der Waals surface area contributed by atoms with Crippen LogP contribution in [-0.2, 0) is 12.8 Å². The molecule has 17 heavy (non-hydrogen) atoms. The Morgan fingerprint density at radius 1 is 1.41 bits per heavy atom. The van der Waals surface area contributed by atoms with Crippen molar-refractivity contribution in [3.63, 3.8) is 0 Å². The summed E-state index contributed by atoms with van der Waals surface area (Å²) < 4.78 is 5.15. The van der Waals surface area contributed by atoms with E-state index in [1.165, 1.54) is 34.6 Å². The van der Waals surface area contributed by atoms with Crippen molar-refractivity contribution in [2.24, 2.45) is 0 Å². The number of rotatable bonds is 2. The third kappa shape index (κ3) is 1.67. The molecule has 0 saturated carbocycles. The van der Waals surface area contributed by atoms with Gasteiger partial charge in [0.2, 0.25) is 5.88 Å². The van der Waals surface area contributed by atoms with Gasteiger partial charge in [-0.15, -0.1) is 11.3 Å². The molecule has 2 aromatic rings. The first-order chi connectivity index (χ1) is 8.16. The van der Waals surface area contributed by atoms with Crippen LogP contribution < -0.4 is 5.73 Å². The van der Waals surface area contributed by atoms with Gasteiger partial charge in [-0.2, -0.15) is 0 Å². The third-order valence-corrected chi connectivity index (χ3v) is 4.56. The third-order valence-electron chi connectivity index (χ3n) is 3.31. The first kappa shape index (κ1) is 10.8. The second-order valence-electron chi connectivity index (χ2n) is 4.88. The van der Waals surface area contributed by atoms with Gasteiger partial charge in [-0.25, -0.2) is 0 Å². The Labute approximate surface area is 105 Å². The zero-order chi connectivity index (χ0) is 12.0. The molecule has 2 aromatic heterocycles. The van der Waals surface area contributed by atoms with Gasteiger partial charge in [0.05, 0.1) is 4.88 Å². The summed E-state index contributed by atoms with van der Waals surface area (Å²) in [5, 5.41) is 4.13. The molecule has 0 fully saturated rings. The minimum Gasteiger partial charge on any atom is -0.367 e. The Bertz CT molecular complexity index is 532. The summed E-state index contributed by atoms with van der Waals surface area (Å²) in [6.45, 7) is 4.24. The molecule has 1 aliphatic carbocycles. The van der Waals surface area contributed by atoms with Crippen LogP contribution in [0.25, 0.3) is 10.6 Å². The SMILES string of the molecule is CC(C)c1c(-c2cc3c(s2)CCC3)noc1N. The molecule has 0 spiro atoms. The first-order valence-electron chi connectivity index (χ1n) is 6.04. The van der Waals surface area contributed by atoms with Crippen LogP contribution in [-0.4, -0.2) is 5.16 Å². The van der Waals surface area contributed by atoms with Crippen LogP contribution in [0.2, 0.25) is 0 Å². The van der Waals surface area contributed by atoms with E-state index in [1.54, 1.807) is 0 Å². The molecule has 0 aliphatic heterocycles. The number of hydrogen-bond donors (Lipinski definition) is 1. The quantitative estimate of drug-likeness (QED) is 0.883. The largest absolute Gasteiger partial charge is 0.367 e. The van der Waals surface area contributed by atoms with E-state index in [2.05, 4.69) is 25.1 Å². The molecular weight excluding hydrogens is 232 g/mol. The molecule has 3 nitrogen and oxygen atoms in total. The fraction of sp³-hybridized carbons (Fsp3) is 0.462. The average molecular weight is 248 g/mol. The van der Waals surface area contributed by atoms with E-state index >= 15 is 0 Å². The van der Waals surface area contributed by atoms with Crippen molar-refractivity contribution in [1.29, 1.82) is 0 Å². The van der Waals surface area contributed by atoms with Gasteiger partial charge in [0, 0.05) is 10.4 Å². The van der Waals surface area contributed by atoms with Crippen LogP contribution in [0.5, 0.6) is 0 Å². The van der Waals surface area contributed by atoms with Crippen LogP contribution in [0.3, 0.4) is 0 Å². The number of aryl methyl sites for hydroxylation is 2. The molecule has 0 atom stereocenters. The standard InChI is InChI=1S/C13H16N2OS/c1-7(2)11-12(15-16-13(11)14)10-6-8-4-3-5-9(8)17-10/h6-7H,3-5,14H2,1-2H3. The Morgan fingerprint density at radius 2 is 2.24 bits per heavy atom. The van der Waals surface area contributed by atoms with Gasteiger partial charge >= 0.3 is 0 Å². The molecule has 2 N–H and O–H groups in total. The highest BCUT2D eigenvalue weighted by Gasteiger charge is 2.22. The predicted octanol–water partition coefficient (Wildman–Crippen LogP) is 3.60. The van der Waals surface area contributed by atoms with Gasteiger partial charge in [-0.05, 0) is 36.8 Å². The van der Waals surface area contributed by atoms with Crippen LogP contribution >= 0.6 is 11.3 Å². The van der Waals surface area contributed by atoms with E-state index in [9.17, 15) is 0 Å². The molecule has 0 unspecified atom stereocenters. The molecule has 0 aromatic carbocycles. The molecule has 2 heterocycles. The summed E-state index contributed by atoms with van der Waals surface area (Å²) >= 11 is 1.84. The van der Waals surface area contributed by atoms with Crippen molar-refractivity contribution in [3.05, 3.63) is 22.1 Å². The topological polar surface area (TPSA) is 52.0 Å². The molecule has 0 radical (unpaired) electrons. The fourth-order valence-corrected chi connectivity index (χ4v) is 3.74. The van der Waals surface area contributed by atoms with Crippen LogP contribution in [0.1, 0.15) is 42.2 Å². The summed E-state index contributed by atoms with van der Waals surface area (Å²) in [7, 11) is 0. The Morgan fingerprint density at radius 3 is 2.94 bits per heavy atom. The molecule has 3 rings (SSSR count). The Balaban J connectivity index is 2.09. The van der Waals surface area contributed by atoms with Gasteiger partial charge in [-0.1, -0.05) is 19.0 Å². The Kier molecular flexibility index (Phi) is 2.47. The van der Waals surface area contributed by atoms with Crippen molar-refractivity contribution in [2.75, 3.05) is 5.73 Å². The van der Waals surface area contributed by atoms with Gasteiger partial charge in [0.1, 0.15) is 5.69 Å². The van der Waals surface area contributed by atoms with Crippen molar-refractivity contribution >= 4 is 17.2 Å². The summed E-state index contributed by atoms with van der Waals surface area (Å²) in [5.74, 6) is 0.803. The normalized spacial score (nSPS) is 14.5. The highest BCUT2D eigenvalue weighted by Crippen LogP contribution is 2.40. The lowest BCUT2D eigenvalue weighted by atomic mass is 10.0. The number of nitrogen functional groups attached to an aromatic ring is 1. The van der Waals surface area contributed by atoms with Gasteiger partial charge in [-0.3, -0.25) is 0 Å². The van der Waals surface area contributed by atoms with Crippen LogP contribution in [0, 0.1) is 0 Å². The zero-order valence-electron chi connectivity index (χ0n) is 10.1.